The summed E-state index contributed by atoms with van der Waals surface area (Å²) in [4.78, 5) is 19.2. The summed E-state index contributed by atoms with van der Waals surface area (Å²) in [5.74, 6) is -0.189. The minimum Gasteiger partial charge on any atom is -0.318 e. The van der Waals surface area contributed by atoms with E-state index in [2.05, 4.69) is 4.98 Å². The van der Waals surface area contributed by atoms with Crippen LogP contribution in [-0.4, -0.2) is 34.5 Å². The van der Waals surface area contributed by atoms with Crippen LogP contribution in [0, 0.1) is 5.95 Å². The number of pyridine rings is 1. The highest BCUT2D eigenvalue weighted by molar-refractivity contribution is 5.93. The third kappa shape index (κ3) is 2.23. The highest BCUT2D eigenvalue weighted by Crippen LogP contribution is 2.24. The highest BCUT2D eigenvalue weighted by Gasteiger charge is 2.36. The molecule has 0 unspecified atom stereocenters. The van der Waals surface area contributed by atoms with E-state index in [9.17, 15) is 9.18 Å². The van der Waals surface area contributed by atoms with Crippen LogP contribution in [0.15, 0.2) is 18.2 Å². The van der Waals surface area contributed by atoms with Gasteiger partial charge in [-0.15, -0.1) is 0 Å². The molecule has 0 bridgehead atoms. The predicted octanol–water partition coefficient (Wildman–Crippen LogP) is 2.26. The molecule has 2 amide bonds. The molecule has 0 radical (unpaired) electrons. The molecule has 0 aliphatic carbocycles. The first kappa shape index (κ1) is 11.8. The van der Waals surface area contributed by atoms with Crippen LogP contribution in [0.3, 0.4) is 0 Å². The fourth-order valence-corrected chi connectivity index (χ4v) is 1.92. The van der Waals surface area contributed by atoms with Crippen LogP contribution in [-0.2, 0) is 0 Å². The molecule has 4 nitrogen and oxygen atoms in total. The van der Waals surface area contributed by atoms with Gasteiger partial charge >= 0.3 is 6.03 Å². The van der Waals surface area contributed by atoms with Crippen molar-refractivity contribution in [3.8, 4) is 0 Å². The van der Waals surface area contributed by atoms with Crippen molar-refractivity contribution in [2.24, 2.45) is 0 Å². The van der Waals surface area contributed by atoms with Crippen molar-refractivity contribution < 1.29 is 9.18 Å². The van der Waals surface area contributed by atoms with Crippen LogP contribution >= 0.6 is 0 Å². The van der Waals surface area contributed by atoms with Crippen molar-refractivity contribution in [3.05, 3.63) is 24.1 Å². The molecule has 0 N–H and O–H groups in total. The van der Waals surface area contributed by atoms with Gasteiger partial charge in [0.05, 0.1) is 0 Å². The van der Waals surface area contributed by atoms with E-state index in [1.54, 1.807) is 17.0 Å². The van der Waals surface area contributed by atoms with Crippen molar-refractivity contribution >= 4 is 11.8 Å². The lowest BCUT2D eigenvalue weighted by atomic mass is 10.1. The van der Waals surface area contributed by atoms with Gasteiger partial charge in [-0.1, -0.05) is 6.07 Å². The summed E-state index contributed by atoms with van der Waals surface area (Å²) >= 11 is 0. The zero-order valence-corrected chi connectivity index (χ0v) is 10.3. The molecule has 0 atom stereocenters. The lowest BCUT2D eigenvalue weighted by Gasteiger charge is -2.31. The average Bonchev–Trinajstić information content (AvgIpc) is 2.59. The predicted molar refractivity (Wildman–Crippen MR) is 63.4 cm³/mol. The van der Waals surface area contributed by atoms with Gasteiger partial charge in [0.15, 0.2) is 0 Å². The van der Waals surface area contributed by atoms with Gasteiger partial charge < -0.3 is 4.90 Å². The Hall–Kier alpha value is -1.65. The summed E-state index contributed by atoms with van der Waals surface area (Å²) in [6.45, 7) is 7.13. The van der Waals surface area contributed by atoms with Crippen molar-refractivity contribution in [1.29, 1.82) is 0 Å². The molecule has 0 spiro atoms. The first-order valence-electron chi connectivity index (χ1n) is 5.61. The monoisotopic (exact) mass is 237 g/mol. The summed E-state index contributed by atoms with van der Waals surface area (Å²) in [6, 6.07) is 4.36. The third-order valence-electron chi connectivity index (χ3n) is 2.80. The Kier molecular flexibility index (Phi) is 2.77. The second kappa shape index (κ2) is 3.98. The molecule has 2 heterocycles. The summed E-state index contributed by atoms with van der Waals surface area (Å²) in [6.07, 6.45) is 0. The molecule has 1 aromatic heterocycles. The van der Waals surface area contributed by atoms with Crippen molar-refractivity contribution in [2.45, 2.75) is 26.3 Å². The molecule has 2 rings (SSSR count). The molecule has 1 aliphatic heterocycles. The van der Waals surface area contributed by atoms with Gasteiger partial charge in [-0.2, -0.15) is 4.39 Å². The number of halogens is 1. The molecule has 92 valence electrons. The smallest absolute Gasteiger partial charge is 0.318 e. The maximum Gasteiger partial charge on any atom is 0.326 e. The van der Waals surface area contributed by atoms with Crippen LogP contribution in [0.1, 0.15) is 20.8 Å². The van der Waals surface area contributed by atoms with Gasteiger partial charge in [0.2, 0.25) is 5.95 Å². The topological polar surface area (TPSA) is 36.4 Å². The van der Waals surface area contributed by atoms with E-state index in [0.717, 1.165) is 0 Å². The molecule has 17 heavy (non-hydrogen) atoms. The van der Waals surface area contributed by atoms with Crippen molar-refractivity contribution in [2.75, 3.05) is 18.0 Å². The number of carbonyl (C=O) groups is 1. The molecule has 1 aliphatic rings. The molecule has 0 saturated carbocycles. The van der Waals surface area contributed by atoms with Crippen LogP contribution < -0.4 is 4.90 Å². The van der Waals surface area contributed by atoms with Crippen molar-refractivity contribution in [3.63, 3.8) is 0 Å². The lowest BCUT2D eigenvalue weighted by molar-refractivity contribution is 0.173. The quantitative estimate of drug-likeness (QED) is 0.702. The van der Waals surface area contributed by atoms with E-state index in [1.165, 1.54) is 11.0 Å². The number of anilines is 1. The molecule has 5 heteroatoms. The zero-order chi connectivity index (χ0) is 12.6. The van der Waals surface area contributed by atoms with E-state index in [4.69, 9.17) is 0 Å². The summed E-state index contributed by atoms with van der Waals surface area (Å²) in [7, 11) is 0. The van der Waals surface area contributed by atoms with Gasteiger partial charge in [-0.3, -0.25) is 4.90 Å². The van der Waals surface area contributed by atoms with Gasteiger partial charge in [-0.05, 0) is 32.9 Å². The van der Waals surface area contributed by atoms with Gasteiger partial charge in [0.1, 0.15) is 5.82 Å². The molecular formula is C12H16FN3O. The average molecular weight is 237 g/mol. The molecule has 1 saturated heterocycles. The maximum atomic E-state index is 13.0. The summed E-state index contributed by atoms with van der Waals surface area (Å²) < 4.78 is 13.0. The highest BCUT2D eigenvalue weighted by atomic mass is 19.1. The fourth-order valence-electron chi connectivity index (χ4n) is 1.92. The number of urea groups is 1. The van der Waals surface area contributed by atoms with Crippen LogP contribution in [0.4, 0.5) is 15.0 Å². The van der Waals surface area contributed by atoms with Gasteiger partial charge in [0, 0.05) is 18.6 Å². The Bertz CT molecular complexity index is 442. The Morgan fingerprint density at radius 1 is 1.29 bits per heavy atom. The number of amides is 2. The molecule has 0 aromatic carbocycles. The Morgan fingerprint density at radius 3 is 2.53 bits per heavy atom. The van der Waals surface area contributed by atoms with E-state index in [0.29, 0.717) is 18.9 Å². The number of carbonyl (C=O) groups excluding carboxylic acids is 1. The normalized spacial score (nSPS) is 16.8. The lowest BCUT2D eigenvalue weighted by Crippen LogP contribution is -2.44. The van der Waals surface area contributed by atoms with Crippen LogP contribution in [0.5, 0.6) is 0 Å². The Morgan fingerprint density at radius 2 is 2.00 bits per heavy atom. The Balaban J connectivity index is 2.24. The van der Waals surface area contributed by atoms with E-state index >= 15 is 0 Å². The fraction of sp³-hybridized carbons (Fsp3) is 0.500. The second-order valence-corrected chi connectivity index (χ2v) is 5.08. The molecule has 1 aromatic rings. The maximum absolute atomic E-state index is 13.0. The standard InChI is InChI=1S/C12H16FN3O/c1-12(2,3)16-8-7-15(11(16)17)10-6-4-5-9(13)14-10/h4-6H,7-8H2,1-3H3. The van der Waals surface area contributed by atoms with Gasteiger partial charge in [-0.25, -0.2) is 9.78 Å². The number of hydrogen-bond acceptors (Lipinski definition) is 2. The van der Waals surface area contributed by atoms with E-state index < -0.39 is 5.95 Å². The number of hydrogen-bond donors (Lipinski definition) is 0. The Labute approximate surface area is 100 Å². The van der Waals surface area contributed by atoms with E-state index in [1.807, 2.05) is 20.8 Å². The molecular weight excluding hydrogens is 221 g/mol. The first-order valence-corrected chi connectivity index (χ1v) is 5.61. The first-order chi connectivity index (χ1) is 7.89. The summed E-state index contributed by atoms with van der Waals surface area (Å²) in [5.41, 5.74) is -0.223. The third-order valence-corrected chi connectivity index (χ3v) is 2.80. The number of nitrogens with zero attached hydrogens (tertiary/aromatic N) is 3. The largest absolute Gasteiger partial charge is 0.326 e. The number of aromatic nitrogens is 1. The van der Waals surface area contributed by atoms with Crippen LogP contribution in [0.2, 0.25) is 0 Å². The minimum atomic E-state index is -0.565. The number of rotatable bonds is 1. The van der Waals surface area contributed by atoms with Gasteiger partial charge in [0.25, 0.3) is 0 Å². The van der Waals surface area contributed by atoms with E-state index in [-0.39, 0.29) is 11.6 Å². The minimum absolute atomic E-state index is 0.115. The second-order valence-electron chi connectivity index (χ2n) is 5.08. The molecule has 1 fully saturated rings. The van der Waals surface area contributed by atoms with Crippen LogP contribution in [0.25, 0.3) is 0 Å². The zero-order valence-electron chi connectivity index (χ0n) is 10.3. The summed E-state index contributed by atoms with van der Waals surface area (Å²) in [5, 5.41) is 0. The SMILES string of the molecule is CC(C)(C)N1CCN(c2cccc(F)n2)C1=O. The van der Waals surface area contributed by atoms with Crippen molar-refractivity contribution in [1.82, 2.24) is 9.88 Å².